The van der Waals surface area contributed by atoms with E-state index in [9.17, 15) is 0 Å². The molecule has 1 nitrogen and oxygen atoms in total. The van der Waals surface area contributed by atoms with Crippen LogP contribution in [0.15, 0.2) is 59.6 Å². The first kappa shape index (κ1) is 27.3. The molecule has 0 amide bonds. The van der Waals surface area contributed by atoms with Crippen molar-refractivity contribution < 1.29 is 17.1 Å². The summed E-state index contributed by atoms with van der Waals surface area (Å²) in [6.45, 7) is 2.86. The van der Waals surface area contributed by atoms with Crippen LogP contribution >= 0.6 is 18.0 Å². The Morgan fingerprint density at radius 1 is 0.897 bits per heavy atom. The van der Waals surface area contributed by atoms with Crippen LogP contribution in [0.25, 0.3) is 0 Å². The first-order valence-corrected chi connectivity index (χ1v) is 20.5. The van der Waals surface area contributed by atoms with Crippen LogP contribution in [0.5, 0.6) is 0 Å². The topological polar surface area (TPSA) is 12.4 Å². The number of hydrogen-bond acceptors (Lipinski definition) is 1. The molecule has 0 saturated heterocycles. The van der Waals surface area contributed by atoms with Gasteiger partial charge in [0.2, 0.25) is 0 Å². The van der Waals surface area contributed by atoms with Gasteiger partial charge in [-0.2, -0.15) is 5.92 Å². The number of nitrogens with zero attached hydrogens (tertiary/aromatic N) is 1. The van der Waals surface area contributed by atoms with Crippen molar-refractivity contribution in [1.29, 1.82) is 0 Å². The van der Waals surface area contributed by atoms with Crippen molar-refractivity contribution >= 4 is 46.6 Å². The fourth-order valence-electron chi connectivity index (χ4n) is 2.18. The molecule has 0 unspecified atom stereocenters. The zero-order valence-electron chi connectivity index (χ0n) is 16.2. The van der Waals surface area contributed by atoms with Crippen molar-refractivity contribution in [1.82, 2.24) is 0 Å². The monoisotopic (exact) mass is 729 g/mol. The second kappa shape index (κ2) is 17.9. The van der Waals surface area contributed by atoms with E-state index in [0.717, 1.165) is 12.5 Å². The molecule has 4 heteroatoms. The molecule has 0 N–H and O–H groups in total. The number of aliphatic imine (C=N–C) groups is 1. The second-order valence-electron chi connectivity index (χ2n) is 5.96. The minimum Gasteiger partial charge on any atom is -0.465 e. The van der Waals surface area contributed by atoms with E-state index < -0.39 is 0 Å². The van der Waals surface area contributed by atoms with Gasteiger partial charge in [0, 0.05) is 17.1 Å². The van der Waals surface area contributed by atoms with Crippen molar-refractivity contribution in [3.05, 3.63) is 129 Å². The summed E-state index contributed by atoms with van der Waals surface area (Å²) < 4.78 is 1.58. The van der Waals surface area contributed by atoms with Gasteiger partial charge in [0.05, 0.1) is 6.54 Å². The van der Waals surface area contributed by atoms with Crippen molar-refractivity contribution in [2.75, 3.05) is 0 Å². The Kier molecular flexibility index (Phi) is 16.8. The van der Waals surface area contributed by atoms with Crippen LogP contribution in [-0.4, -0.2) is 25.3 Å². The normalized spacial score (nSPS) is 15.8. The van der Waals surface area contributed by atoms with Crippen molar-refractivity contribution in [2.24, 2.45) is 4.99 Å². The molecule has 12 radical (unpaired) electrons. The first-order valence-electron chi connectivity index (χ1n) is 9.00. The molecule has 2 fully saturated rings. The predicted molar refractivity (Wildman–Crippen MR) is 130 cm³/mol. The third-order valence-corrected chi connectivity index (χ3v) is 10.5. The maximum absolute atomic E-state index is 4.33. The summed E-state index contributed by atoms with van der Waals surface area (Å²) in [5, 5.41) is 0. The maximum atomic E-state index is 4.33. The van der Waals surface area contributed by atoms with E-state index in [-0.39, 0.29) is 36.1 Å². The Morgan fingerprint density at radius 2 is 1.52 bits per heavy atom. The fraction of sp³-hybridized carbons (Fsp3) is 0.0800. The molecule has 29 heavy (non-hydrogen) atoms. The third kappa shape index (κ3) is 13.3. The molecule has 2 aromatic rings. The van der Waals surface area contributed by atoms with E-state index in [1.807, 2.05) is 75.8 Å². The predicted octanol–water partition coefficient (Wildman–Crippen LogP) is 5.23. The number of aryl methyl sites for hydroxylation is 1. The summed E-state index contributed by atoms with van der Waals surface area (Å²) in [5.74, 6) is 1.04. The van der Waals surface area contributed by atoms with Crippen molar-refractivity contribution in [3.63, 3.8) is 0 Å². The zero-order valence-corrected chi connectivity index (χ0v) is 23.0. The molecule has 2 saturated carbocycles. The summed E-state index contributed by atoms with van der Waals surface area (Å²) in [5.41, 5.74) is 2.60. The molecule has 0 atom stereocenters. The summed E-state index contributed by atoms with van der Waals surface area (Å²) in [7, 11) is 0. The standard InChI is InChI=1S/C13H11N.C7H7.C5H5.Bi.Fe.HI/c1-2-6-12(7-3-1)10-14-11-13-8-4-5-9-13;1-7-5-3-2-4-6-7;1-2-4-5-3-1;;;/h1-8,11H,10H2;3-6H,1H3;1-5H;;;1H/q-1;;;+2;;/p-1. The minimum absolute atomic E-state index is 0. The molecule has 4 rings (SSSR count). The van der Waals surface area contributed by atoms with E-state index in [2.05, 4.69) is 72.8 Å². The Labute approximate surface area is 209 Å². The number of rotatable bonds is 4. The van der Waals surface area contributed by atoms with E-state index in [1.165, 1.54) is 11.1 Å². The van der Waals surface area contributed by atoms with Crippen LogP contribution in [0.2, 0.25) is 0 Å². The molecule has 0 aromatic heterocycles. The van der Waals surface area contributed by atoms with Crippen LogP contribution in [0.3, 0.4) is 0 Å². The summed E-state index contributed by atoms with van der Waals surface area (Å²) >= 11 is 2.27. The van der Waals surface area contributed by atoms with Gasteiger partial charge in [-0.1, -0.05) is 43.2 Å². The molecule has 2 aromatic carbocycles. The SMILES string of the molecule is Cc1cc[c]([Bi+][I])cc1.[C-]1[CH][CH][CH][C]1C=NCc1ccccc1.[CH]1[CH][CH][CH][CH]1.[Fe]. The van der Waals surface area contributed by atoms with E-state index in [1.54, 1.807) is 3.27 Å². The van der Waals surface area contributed by atoms with Gasteiger partial charge in [0.25, 0.3) is 0 Å². The molecule has 0 spiro atoms. The van der Waals surface area contributed by atoms with Gasteiger partial charge in [-0.25, -0.2) is 6.42 Å². The average molecular weight is 729 g/mol. The van der Waals surface area contributed by atoms with Crippen LogP contribution in [0.4, 0.5) is 0 Å². The Bertz CT molecular complexity index is 643. The summed E-state index contributed by atoms with van der Waals surface area (Å²) in [6.07, 6.45) is 20.8. The van der Waals surface area contributed by atoms with E-state index in [0.29, 0.717) is 0 Å². The molecule has 0 aliphatic heterocycles. The number of halogens is 1. The molecule has 0 bridgehead atoms. The van der Waals surface area contributed by atoms with Gasteiger partial charge in [0.15, 0.2) is 0 Å². The number of hydrogen-bond donors (Lipinski definition) is 0. The fourth-order valence-corrected chi connectivity index (χ4v) is 6.02. The molecule has 2 aliphatic carbocycles. The Hall–Kier alpha value is 0.243. The maximum Gasteiger partial charge on any atom is 0.0634 e. The summed E-state index contributed by atoms with van der Waals surface area (Å²) in [6, 6.07) is 19.1. The van der Waals surface area contributed by atoms with Gasteiger partial charge in [-0.3, -0.25) is 4.99 Å². The largest absolute Gasteiger partial charge is 0.465 e. The number of benzene rings is 2. The molecular weight excluding hydrogens is 706 g/mol. The van der Waals surface area contributed by atoms with E-state index in [4.69, 9.17) is 0 Å². The quantitative estimate of drug-likeness (QED) is 0.177. The van der Waals surface area contributed by atoms with Gasteiger partial charge in [0.1, 0.15) is 0 Å². The third-order valence-electron chi connectivity index (χ3n) is 3.66. The minimum atomic E-state index is -0.274. The Morgan fingerprint density at radius 3 is 2.03 bits per heavy atom. The van der Waals surface area contributed by atoms with Crippen molar-refractivity contribution in [2.45, 2.75) is 13.5 Å². The first-order chi connectivity index (χ1) is 13.8. The molecule has 2 aliphatic rings. The molecular formula is C25H23BiFeIN. The van der Waals surface area contributed by atoms with Gasteiger partial charge < -0.3 is 6.42 Å². The van der Waals surface area contributed by atoms with Gasteiger partial charge in [-0.05, 0) is 43.9 Å². The zero-order chi connectivity index (χ0) is 19.9. The van der Waals surface area contributed by atoms with Crippen LogP contribution in [0.1, 0.15) is 11.1 Å². The smallest absolute Gasteiger partial charge is 0.0634 e. The van der Waals surface area contributed by atoms with Gasteiger partial charge in [-0.15, -0.1) is 0 Å². The summed E-state index contributed by atoms with van der Waals surface area (Å²) in [4.78, 5) is 4.33. The Balaban J connectivity index is 0.000000240. The van der Waals surface area contributed by atoms with Crippen LogP contribution in [0, 0.1) is 70.6 Å². The van der Waals surface area contributed by atoms with Crippen LogP contribution < -0.4 is 3.27 Å². The molecule has 0 heterocycles. The average Bonchev–Trinajstić information content (AvgIpc) is 3.47. The van der Waals surface area contributed by atoms with Crippen LogP contribution in [-0.2, 0) is 23.6 Å². The second-order valence-corrected chi connectivity index (χ2v) is 12.9. The van der Waals surface area contributed by atoms with Gasteiger partial charge >= 0.3 is 77.1 Å². The van der Waals surface area contributed by atoms with E-state index >= 15 is 0 Å². The molecule has 148 valence electrons. The van der Waals surface area contributed by atoms with Crippen molar-refractivity contribution in [3.8, 4) is 0 Å².